The maximum atomic E-state index is 14.3. The van der Waals surface area contributed by atoms with Gasteiger partial charge in [-0.1, -0.05) is 20.8 Å². The third-order valence-corrected chi connectivity index (χ3v) is 5.15. The van der Waals surface area contributed by atoms with E-state index in [1.165, 1.54) is 18.3 Å². The number of hydrogen-bond donors (Lipinski definition) is 4. The van der Waals surface area contributed by atoms with Crippen LogP contribution in [0, 0.1) is 14.8 Å². The molecule has 168 valence electrons. The van der Waals surface area contributed by atoms with Crippen LogP contribution in [-0.2, 0) is 4.79 Å². The van der Waals surface area contributed by atoms with E-state index >= 15 is 0 Å². The number of carboxylic acid groups (broad SMARTS) is 1. The highest BCUT2D eigenvalue weighted by Crippen LogP contribution is 2.31. The van der Waals surface area contributed by atoms with Crippen molar-refractivity contribution in [2.45, 2.75) is 33.2 Å². The maximum absolute atomic E-state index is 14.3. The monoisotopic (exact) mass is 545 g/mol. The van der Waals surface area contributed by atoms with E-state index in [2.05, 4.69) is 10.6 Å². The molecule has 0 bridgehead atoms. The normalized spacial score (nSPS) is 12.3. The number of anilines is 2. The molecule has 0 saturated heterocycles. The van der Waals surface area contributed by atoms with E-state index in [9.17, 15) is 23.9 Å². The smallest absolute Gasteiger partial charge is 0.327 e. The summed E-state index contributed by atoms with van der Waals surface area (Å²) in [6.45, 7) is 5.07. The molecule has 10 heteroatoms. The Morgan fingerprint density at radius 3 is 2.45 bits per heavy atom. The van der Waals surface area contributed by atoms with Crippen molar-refractivity contribution in [3.8, 4) is 0 Å². The van der Waals surface area contributed by atoms with Crippen molar-refractivity contribution in [2.24, 2.45) is 5.41 Å². The molecule has 0 radical (unpaired) electrons. The zero-order valence-electron chi connectivity index (χ0n) is 17.4. The van der Waals surface area contributed by atoms with Crippen molar-refractivity contribution in [3.63, 3.8) is 0 Å². The fraction of sp³-hybridized carbons (Fsp3) is 0.381. The van der Waals surface area contributed by atoms with Crippen LogP contribution < -0.4 is 16.2 Å². The molecule has 0 fully saturated rings. The topological polar surface area (TPSA) is 121 Å². The highest BCUT2D eigenvalue weighted by atomic mass is 127. The molecule has 1 heterocycles. The van der Waals surface area contributed by atoms with Gasteiger partial charge in [0, 0.05) is 29.0 Å². The third kappa shape index (κ3) is 6.26. The number of hydrogen-bond acceptors (Lipinski definition) is 5. The second-order valence-corrected chi connectivity index (χ2v) is 9.28. The van der Waals surface area contributed by atoms with Crippen LogP contribution in [0.25, 0.3) is 0 Å². The van der Waals surface area contributed by atoms with Gasteiger partial charge in [0.05, 0.1) is 16.9 Å². The van der Waals surface area contributed by atoms with Gasteiger partial charge in [0.15, 0.2) is 0 Å². The summed E-state index contributed by atoms with van der Waals surface area (Å²) in [6, 6.07) is 4.29. The number of carboxylic acids is 1. The fourth-order valence-electron chi connectivity index (χ4n) is 3.05. The zero-order chi connectivity index (χ0) is 23.3. The molecule has 0 aliphatic rings. The number of benzene rings is 1. The molecule has 2 aromatic rings. The largest absolute Gasteiger partial charge is 0.480 e. The molecule has 1 aromatic carbocycles. The quantitative estimate of drug-likeness (QED) is 0.299. The van der Waals surface area contributed by atoms with Gasteiger partial charge in [0.1, 0.15) is 11.9 Å². The van der Waals surface area contributed by atoms with E-state index in [0.717, 1.165) is 10.6 Å². The van der Waals surface area contributed by atoms with E-state index in [0.29, 0.717) is 9.99 Å². The molecular weight excluding hydrogens is 520 g/mol. The number of halogens is 2. The number of aliphatic hydroxyl groups is 1. The average Bonchev–Trinajstić information content (AvgIpc) is 2.64. The predicted molar refractivity (Wildman–Crippen MR) is 123 cm³/mol. The minimum Gasteiger partial charge on any atom is -0.480 e. The number of pyridine rings is 1. The number of nitrogens with zero attached hydrogens (tertiary/aromatic N) is 1. The van der Waals surface area contributed by atoms with Crippen LogP contribution in [0.3, 0.4) is 0 Å². The number of aliphatic carboxylic acids is 1. The first-order valence-corrected chi connectivity index (χ1v) is 10.6. The van der Waals surface area contributed by atoms with Gasteiger partial charge >= 0.3 is 5.97 Å². The van der Waals surface area contributed by atoms with Gasteiger partial charge in [-0.3, -0.25) is 14.2 Å². The number of rotatable bonds is 8. The lowest BCUT2D eigenvalue weighted by Crippen LogP contribution is -2.38. The molecule has 8 nitrogen and oxygen atoms in total. The van der Waals surface area contributed by atoms with Gasteiger partial charge < -0.3 is 20.8 Å². The molecular formula is C21H25FIN3O5. The summed E-state index contributed by atoms with van der Waals surface area (Å²) < 4.78 is 16.0. The third-order valence-electron chi connectivity index (χ3n) is 4.48. The van der Waals surface area contributed by atoms with Crippen molar-refractivity contribution in [1.82, 2.24) is 9.88 Å². The first-order valence-electron chi connectivity index (χ1n) is 9.56. The number of aliphatic hydroxyl groups excluding tert-OH is 1. The Labute approximate surface area is 192 Å². The molecule has 2 rings (SSSR count). The van der Waals surface area contributed by atoms with Crippen molar-refractivity contribution in [2.75, 3.05) is 18.5 Å². The highest BCUT2D eigenvalue weighted by molar-refractivity contribution is 14.1. The van der Waals surface area contributed by atoms with Crippen molar-refractivity contribution >= 4 is 45.8 Å². The fourth-order valence-corrected chi connectivity index (χ4v) is 3.51. The van der Waals surface area contributed by atoms with Crippen LogP contribution in [0.2, 0.25) is 0 Å². The van der Waals surface area contributed by atoms with E-state index < -0.39 is 34.7 Å². The Kier molecular flexibility index (Phi) is 8.18. The lowest BCUT2D eigenvalue weighted by Gasteiger charge is -2.29. The minimum absolute atomic E-state index is 0.0222. The maximum Gasteiger partial charge on any atom is 0.327 e. The van der Waals surface area contributed by atoms with E-state index in [4.69, 9.17) is 5.11 Å². The van der Waals surface area contributed by atoms with Crippen LogP contribution in [-0.4, -0.2) is 39.8 Å². The summed E-state index contributed by atoms with van der Waals surface area (Å²) in [7, 11) is 0. The first-order chi connectivity index (χ1) is 14.5. The molecule has 0 unspecified atom stereocenters. The Morgan fingerprint density at radius 1 is 1.23 bits per heavy atom. The second kappa shape index (κ2) is 10.2. The Balaban J connectivity index is 2.60. The summed E-state index contributed by atoms with van der Waals surface area (Å²) in [5.41, 5.74) is -1.39. The van der Waals surface area contributed by atoms with Gasteiger partial charge in [-0.2, -0.15) is 0 Å². The van der Waals surface area contributed by atoms with E-state index in [1.807, 2.05) is 22.6 Å². The molecule has 1 amide bonds. The Bertz CT molecular complexity index is 1030. The summed E-state index contributed by atoms with van der Waals surface area (Å²) >= 11 is 1.96. The lowest BCUT2D eigenvalue weighted by molar-refractivity contribution is -0.144. The Morgan fingerprint density at radius 2 is 1.90 bits per heavy atom. The number of amides is 1. The summed E-state index contributed by atoms with van der Waals surface area (Å²) in [5.74, 6) is -2.37. The highest BCUT2D eigenvalue weighted by Gasteiger charge is 2.34. The summed E-state index contributed by atoms with van der Waals surface area (Å²) in [5, 5.41) is 24.0. The van der Waals surface area contributed by atoms with Gasteiger partial charge in [-0.05, 0) is 52.6 Å². The predicted octanol–water partition coefficient (Wildman–Crippen LogP) is 3.12. The van der Waals surface area contributed by atoms with Gasteiger partial charge in [-0.25, -0.2) is 9.18 Å². The zero-order valence-corrected chi connectivity index (χ0v) is 19.6. The van der Waals surface area contributed by atoms with Crippen LogP contribution in [0.1, 0.15) is 43.6 Å². The number of carbonyl (C=O) groups is 2. The van der Waals surface area contributed by atoms with Crippen LogP contribution in [0.5, 0.6) is 0 Å². The standard InChI is InChI=1S/C21H25FIN3O5/c1-21(2,3)18(20(30)31)26-11-13(19(29)24-7-4-8-27)16(10-17(26)28)25-15-6-5-12(23)9-14(15)22/h5-6,9-11,18,25,27H,4,7-8H2,1-3H3,(H,24,29)(H,30,31)/t18-/m0/s1. The lowest BCUT2D eigenvalue weighted by atomic mass is 9.86. The van der Waals surface area contributed by atoms with Gasteiger partial charge in [0.25, 0.3) is 11.5 Å². The SMILES string of the molecule is CC(C)(C)[C@H](C(=O)O)n1cc(C(=O)NCCCO)c(Nc2ccc(I)cc2F)cc1=O. The van der Waals surface area contributed by atoms with Crippen LogP contribution in [0.15, 0.2) is 35.3 Å². The summed E-state index contributed by atoms with van der Waals surface area (Å²) in [4.78, 5) is 37.5. The molecule has 1 aromatic heterocycles. The van der Waals surface area contributed by atoms with Crippen LogP contribution >= 0.6 is 22.6 Å². The van der Waals surface area contributed by atoms with Crippen molar-refractivity contribution < 1.29 is 24.2 Å². The van der Waals surface area contributed by atoms with Crippen molar-refractivity contribution in [3.05, 3.63) is 55.8 Å². The second-order valence-electron chi connectivity index (χ2n) is 8.04. The average molecular weight is 545 g/mol. The van der Waals surface area contributed by atoms with Crippen LogP contribution in [0.4, 0.5) is 15.8 Å². The summed E-state index contributed by atoms with van der Waals surface area (Å²) in [6.07, 6.45) is 1.49. The molecule has 4 N–H and O–H groups in total. The molecule has 1 atom stereocenters. The first kappa shape index (κ1) is 24.8. The van der Waals surface area contributed by atoms with Gasteiger partial charge in [-0.15, -0.1) is 0 Å². The van der Waals surface area contributed by atoms with Crippen molar-refractivity contribution in [1.29, 1.82) is 0 Å². The molecule has 0 spiro atoms. The Hall–Kier alpha value is -2.47. The number of carbonyl (C=O) groups excluding carboxylic acids is 1. The molecule has 0 aliphatic heterocycles. The van der Waals surface area contributed by atoms with Gasteiger partial charge in [0.2, 0.25) is 0 Å². The van der Waals surface area contributed by atoms with E-state index in [1.54, 1.807) is 26.8 Å². The number of nitrogens with one attached hydrogen (secondary N) is 2. The number of aromatic nitrogens is 1. The molecule has 0 aliphatic carbocycles. The molecule has 31 heavy (non-hydrogen) atoms. The molecule has 0 saturated carbocycles. The van der Waals surface area contributed by atoms with E-state index in [-0.39, 0.29) is 30.1 Å². The minimum atomic E-state index is -1.23.